The van der Waals surface area contributed by atoms with Crippen LogP contribution in [0.15, 0.2) is 36.4 Å². The van der Waals surface area contributed by atoms with Crippen LogP contribution in [0.3, 0.4) is 0 Å². The SMILES string of the molecule is CC[C@H](Oc1cc(C)ccc1C)C(=O)N[C@@H]1CC(C)(C)Oc2cc(OC)ccc21. The molecule has 1 aliphatic rings. The Morgan fingerprint density at radius 1 is 1.24 bits per heavy atom. The molecule has 2 atom stereocenters. The van der Waals surface area contributed by atoms with E-state index in [2.05, 4.69) is 5.32 Å². The van der Waals surface area contributed by atoms with Crippen LogP contribution in [0.2, 0.25) is 0 Å². The molecular formula is C24H31NO4. The number of carbonyl (C=O) groups excluding carboxylic acids is 1. The number of hydrogen-bond acceptors (Lipinski definition) is 4. The van der Waals surface area contributed by atoms with Gasteiger partial charge in [0.05, 0.1) is 13.2 Å². The molecule has 0 saturated heterocycles. The Balaban J connectivity index is 1.80. The molecule has 5 nitrogen and oxygen atoms in total. The van der Waals surface area contributed by atoms with Gasteiger partial charge in [-0.15, -0.1) is 0 Å². The zero-order chi connectivity index (χ0) is 21.2. The van der Waals surface area contributed by atoms with Gasteiger partial charge >= 0.3 is 0 Å². The maximum atomic E-state index is 13.1. The Labute approximate surface area is 173 Å². The molecule has 2 aromatic carbocycles. The van der Waals surface area contributed by atoms with Crippen LogP contribution in [0.5, 0.6) is 17.2 Å². The van der Waals surface area contributed by atoms with Gasteiger partial charge in [-0.25, -0.2) is 0 Å². The Kier molecular flexibility index (Phi) is 6.06. The normalized spacial score (nSPS) is 18.2. The van der Waals surface area contributed by atoms with Crippen LogP contribution < -0.4 is 19.5 Å². The molecule has 0 unspecified atom stereocenters. The molecule has 3 rings (SSSR count). The lowest BCUT2D eigenvalue weighted by Gasteiger charge is -2.38. The average Bonchev–Trinajstić information content (AvgIpc) is 2.67. The maximum absolute atomic E-state index is 13.1. The van der Waals surface area contributed by atoms with E-state index in [0.717, 1.165) is 33.9 Å². The number of carbonyl (C=O) groups is 1. The first-order valence-electron chi connectivity index (χ1n) is 10.1. The van der Waals surface area contributed by atoms with E-state index in [4.69, 9.17) is 14.2 Å². The maximum Gasteiger partial charge on any atom is 0.261 e. The van der Waals surface area contributed by atoms with Gasteiger partial charge in [-0.1, -0.05) is 19.1 Å². The second-order valence-electron chi connectivity index (χ2n) is 8.31. The van der Waals surface area contributed by atoms with Crippen molar-refractivity contribution in [3.8, 4) is 17.2 Å². The molecule has 156 valence electrons. The van der Waals surface area contributed by atoms with Crippen LogP contribution in [-0.4, -0.2) is 24.7 Å². The van der Waals surface area contributed by atoms with E-state index < -0.39 is 11.7 Å². The van der Waals surface area contributed by atoms with Crippen molar-refractivity contribution in [3.63, 3.8) is 0 Å². The highest BCUT2D eigenvalue weighted by molar-refractivity contribution is 5.81. The van der Waals surface area contributed by atoms with Crippen molar-refractivity contribution >= 4 is 5.91 Å². The average molecular weight is 398 g/mol. The molecule has 0 fully saturated rings. The van der Waals surface area contributed by atoms with Gasteiger partial charge in [0.15, 0.2) is 6.10 Å². The van der Waals surface area contributed by atoms with Gasteiger partial charge in [0, 0.05) is 18.1 Å². The summed E-state index contributed by atoms with van der Waals surface area (Å²) in [6.45, 7) is 10.0. The third-order valence-electron chi connectivity index (χ3n) is 5.27. The molecule has 1 aliphatic heterocycles. The van der Waals surface area contributed by atoms with Crippen molar-refractivity contribution < 1.29 is 19.0 Å². The lowest BCUT2D eigenvalue weighted by Crippen LogP contribution is -2.45. The van der Waals surface area contributed by atoms with Crippen molar-refractivity contribution in [2.75, 3.05) is 7.11 Å². The highest BCUT2D eigenvalue weighted by atomic mass is 16.5. The summed E-state index contributed by atoms with van der Waals surface area (Å²) >= 11 is 0. The molecule has 5 heteroatoms. The molecule has 1 amide bonds. The highest BCUT2D eigenvalue weighted by Gasteiger charge is 2.36. The van der Waals surface area contributed by atoms with Gasteiger partial charge in [-0.05, 0) is 63.4 Å². The molecular weight excluding hydrogens is 366 g/mol. The number of fused-ring (bicyclic) bond motifs is 1. The lowest BCUT2D eigenvalue weighted by molar-refractivity contribution is -0.129. The van der Waals surface area contributed by atoms with Crippen LogP contribution >= 0.6 is 0 Å². The monoisotopic (exact) mass is 397 g/mol. The van der Waals surface area contributed by atoms with E-state index in [1.807, 2.05) is 71.0 Å². The van der Waals surface area contributed by atoms with Gasteiger partial charge in [0.2, 0.25) is 0 Å². The predicted molar refractivity (Wildman–Crippen MR) is 114 cm³/mol. The van der Waals surface area contributed by atoms with E-state index in [1.165, 1.54) is 0 Å². The molecule has 1 N–H and O–H groups in total. The Hall–Kier alpha value is -2.69. The Bertz CT molecular complexity index is 890. The second kappa shape index (κ2) is 8.36. The summed E-state index contributed by atoms with van der Waals surface area (Å²) in [6, 6.07) is 11.6. The fraction of sp³-hybridized carbons (Fsp3) is 0.458. The van der Waals surface area contributed by atoms with Crippen molar-refractivity contribution in [3.05, 3.63) is 53.1 Å². The summed E-state index contributed by atoms with van der Waals surface area (Å²) in [4.78, 5) is 13.1. The van der Waals surface area contributed by atoms with E-state index >= 15 is 0 Å². The number of benzene rings is 2. The first-order valence-corrected chi connectivity index (χ1v) is 10.1. The summed E-state index contributed by atoms with van der Waals surface area (Å²) in [5, 5.41) is 3.19. The highest BCUT2D eigenvalue weighted by Crippen LogP contribution is 2.41. The van der Waals surface area contributed by atoms with E-state index in [9.17, 15) is 4.79 Å². The number of aryl methyl sites for hydroxylation is 2. The Morgan fingerprint density at radius 3 is 2.69 bits per heavy atom. The molecule has 0 radical (unpaired) electrons. The minimum absolute atomic E-state index is 0.113. The van der Waals surface area contributed by atoms with Gasteiger partial charge in [0.1, 0.15) is 22.8 Å². The van der Waals surface area contributed by atoms with Crippen LogP contribution in [0.25, 0.3) is 0 Å². The summed E-state index contributed by atoms with van der Waals surface area (Å²) in [5.74, 6) is 2.12. The topological polar surface area (TPSA) is 56.8 Å². The van der Waals surface area contributed by atoms with Crippen LogP contribution in [0.1, 0.15) is 56.3 Å². The minimum atomic E-state index is -0.553. The van der Waals surface area contributed by atoms with E-state index in [-0.39, 0.29) is 11.9 Å². The third-order valence-corrected chi connectivity index (χ3v) is 5.27. The standard InChI is InChI=1S/C24H31NO4/c1-7-20(28-21-12-15(2)8-9-16(21)3)23(26)25-19-14-24(4,5)29-22-13-17(27-6)10-11-18(19)22/h8-13,19-20H,7,14H2,1-6H3,(H,25,26)/t19-,20+/m1/s1. The largest absolute Gasteiger partial charge is 0.497 e. The molecule has 0 aromatic heterocycles. The van der Waals surface area contributed by atoms with Crippen LogP contribution in [0.4, 0.5) is 0 Å². The quantitative estimate of drug-likeness (QED) is 0.754. The third kappa shape index (κ3) is 4.84. The number of amides is 1. The number of hydrogen-bond donors (Lipinski definition) is 1. The molecule has 0 saturated carbocycles. The van der Waals surface area contributed by atoms with Crippen LogP contribution in [-0.2, 0) is 4.79 Å². The van der Waals surface area contributed by atoms with Gasteiger partial charge in [-0.3, -0.25) is 4.79 Å². The van der Waals surface area contributed by atoms with E-state index in [0.29, 0.717) is 12.8 Å². The summed E-state index contributed by atoms with van der Waals surface area (Å²) < 4.78 is 17.5. The molecule has 0 bridgehead atoms. The number of nitrogens with one attached hydrogen (secondary N) is 1. The molecule has 2 aromatic rings. The second-order valence-corrected chi connectivity index (χ2v) is 8.31. The zero-order valence-corrected chi connectivity index (χ0v) is 18.2. The molecule has 29 heavy (non-hydrogen) atoms. The van der Waals surface area contributed by atoms with Crippen molar-refractivity contribution in [1.82, 2.24) is 5.32 Å². The lowest BCUT2D eigenvalue weighted by atomic mass is 9.89. The summed E-state index contributed by atoms with van der Waals surface area (Å²) in [5.41, 5.74) is 2.69. The van der Waals surface area contributed by atoms with Crippen molar-refractivity contribution in [2.45, 2.75) is 65.2 Å². The number of ether oxygens (including phenoxy) is 3. The Morgan fingerprint density at radius 2 is 2.00 bits per heavy atom. The van der Waals surface area contributed by atoms with E-state index in [1.54, 1.807) is 7.11 Å². The van der Waals surface area contributed by atoms with Gasteiger partial charge in [-0.2, -0.15) is 0 Å². The fourth-order valence-corrected chi connectivity index (χ4v) is 3.66. The zero-order valence-electron chi connectivity index (χ0n) is 18.2. The molecule has 1 heterocycles. The summed E-state index contributed by atoms with van der Waals surface area (Å²) in [6.07, 6.45) is 0.711. The van der Waals surface area contributed by atoms with Gasteiger partial charge in [0.25, 0.3) is 5.91 Å². The first kappa shape index (κ1) is 21.0. The predicted octanol–water partition coefficient (Wildman–Crippen LogP) is 4.89. The fourth-order valence-electron chi connectivity index (χ4n) is 3.66. The number of rotatable bonds is 6. The minimum Gasteiger partial charge on any atom is -0.497 e. The van der Waals surface area contributed by atoms with Crippen molar-refractivity contribution in [1.29, 1.82) is 0 Å². The van der Waals surface area contributed by atoms with Gasteiger partial charge < -0.3 is 19.5 Å². The summed E-state index contributed by atoms with van der Waals surface area (Å²) in [7, 11) is 1.63. The first-order chi connectivity index (χ1) is 13.7. The smallest absolute Gasteiger partial charge is 0.261 e. The number of methoxy groups -OCH3 is 1. The van der Waals surface area contributed by atoms with Crippen molar-refractivity contribution in [2.24, 2.45) is 0 Å². The molecule has 0 spiro atoms. The van der Waals surface area contributed by atoms with Crippen LogP contribution in [0, 0.1) is 13.8 Å². The molecule has 0 aliphatic carbocycles.